The second kappa shape index (κ2) is 7.65. The molecule has 9 heteroatoms. The first-order valence-electron chi connectivity index (χ1n) is 9.57. The molecule has 0 aromatic heterocycles. The van der Waals surface area contributed by atoms with Crippen LogP contribution in [0.15, 0.2) is 23.3 Å². The largest absolute Gasteiger partial charge is 0.442 e. The van der Waals surface area contributed by atoms with Crippen LogP contribution < -0.4 is 15.1 Å². The van der Waals surface area contributed by atoms with Crippen LogP contribution >= 0.6 is 0 Å². The van der Waals surface area contributed by atoms with Crippen LogP contribution in [0.5, 0.6) is 0 Å². The topological polar surface area (TPSA) is 77.5 Å². The highest BCUT2D eigenvalue weighted by Crippen LogP contribution is 2.31. The molecule has 8 nitrogen and oxygen atoms in total. The van der Waals surface area contributed by atoms with Crippen LogP contribution in [-0.4, -0.2) is 62.2 Å². The Hall–Kier alpha value is -2.84. The number of benzene rings is 1. The van der Waals surface area contributed by atoms with Gasteiger partial charge in [0.2, 0.25) is 5.91 Å². The Labute approximate surface area is 162 Å². The lowest BCUT2D eigenvalue weighted by molar-refractivity contribution is -0.119. The Bertz CT molecular complexity index is 798. The normalized spacial score (nSPS) is 21.9. The molecule has 4 rings (SSSR count). The van der Waals surface area contributed by atoms with Gasteiger partial charge in [-0.15, -0.1) is 0 Å². The summed E-state index contributed by atoms with van der Waals surface area (Å²) in [5.41, 5.74) is 0.863. The van der Waals surface area contributed by atoms with Crippen molar-refractivity contribution in [2.75, 3.05) is 42.5 Å². The van der Waals surface area contributed by atoms with E-state index in [2.05, 4.69) is 10.4 Å². The molecule has 1 atom stereocenters. The molecule has 28 heavy (non-hydrogen) atoms. The molecule has 1 aromatic carbocycles. The van der Waals surface area contributed by atoms with Gasteiger partial charge in [-0.05, 0) is 37.0 Å². The third kappa shape index (κ3) is 4.18. The number of hydrogen-bond acceptors (Lipinski definition) is 6. The lowest BCUT2D eigenvalue weighted by Gasteiger charge is -2.30. The summed E-state index contributed by atoms with van der Waals surface area (Å²) in [7, 11) is 0. The van der Waals surface area contributed by atoms with Gasteiger partial charge in [-0.2, -0.15) is 5.10 Å². The number of cyclic esters (lactones) is 1. The van der Waals surface area contributed by atoms with Crippen molar-refractivity contribution in [2.45, 2.75) is 25.9 Å². The monoisotopic (exact) mass is 389 g/mol. The highest BCUT2D eigenvalue weighted by atomic mass is 19.1. The van der Waals surface area contributed by atoms with E-state index < -0.39 is 18.0 Å². The van der Waals surface area contributed by atoms with Crippen molar-refractivity contribution in [3.8, 4) is 0 Å². The molecule has 1 saturated heterocycles. The Morgan fingerprint density at radius 2 is 2.18 bits per heavy atom. The fraction of sp³-hybridized carbons (Fsp3) is 0.526. The lowest BCUT2D eigenvalue weighted by atomic mass is 10.2. The number of nitrogens with zero attached hydrogens (tertiary/aromatic N) is 4. The maximum absolute atomic E-state index is 14.7. The zero-order valence-corrected chi connectivity index (χ0v) is 15.8. The average molecular weight is 389 g/mol. The van der Waals surface area contributed by atoms with E-state index in [0.29, 0.717) is 17.9 Å². The first kappa shape index (κ1) is 18.5. The van der Waals surface area contributed by atoms with E-state index in [-0.39, 0.29) is 19.0 Å². The van der Waals surface area contributed by atoms with Crippen LogP contribution in [-0.2, 0) is 9.53 Å². The van der Waals surface area contributed by atoms with Gasteiger partial charge in [-0.25, -0.2) is 9.18 Å². The van der Waals surface area contributed by atoms with E-state index in [1.54, 1.807) is 23.4 Å². The number of hydrazone groups is 1. The van der Waals surface area contributed by atoms with Crippen LogP contribution in [0.1, 0.15) is 19.8 Å². The summed E-state index contributed by atoms with van der Waals surface area (Å²) >= 11 is 0. The number of amides is 2. The van der Waals surface area contributed by atoms with Crippen molar-refractivity contribution in [1.29, 1.82) is 0 Å². The van der Waals surface area contributed by atoms with Gasteiger partial charge in [0.25, 0.3) is 0 Å². The number of anilines is 2. The van der Waals surface area contributed by atoms with Gasteiger partial charge in [0.15, 0.2) is 0 Å². The van der Waals surface area contributed by atoms with Crippen LogP contribution in [0.2, 0.25) is 0 Å². The molecular formula is C19H24FN5O3. The highest BCUT2D eigenvalue weighted by molar-refractivity contribution is 5.90. The van der Waals surface area contributed by atoms with Gasteiger partial charge < -0.3 is 15.0 Å². The lowest BCUT2D eigenvalue weighted by Crippen LogP contribution is -2.39. The first-order chi connectivity index (χ1) is 13.5. The number of carbonyl (C=O) groups is 2. The van der Waals surface area contributed by atoms with Crippen molar-refractivity contribution < 1.29 is 18.7 Å². The van der Waals surface area contributed by atoms with E-state index >= 15 is 0 Å². The molecule has 1 N–H and O–H groups in total. The molecule has 0 spiro atoms. The third-order valence-electron chi connectivity index (χ3n) is 5.12. The van der Waals surface area contributed by atoms with Crippen LogP contribution in [0.3, 0.4) is 0 Å². The quantitative estimate of drug-likeness (QED) is 0.802. The maximum Gasteiger partial charge on any atom is 0.414 e. The van der Waals surface area contributed by atoms with Crippen LogP contribution in [0, 0.1) is 11.7 Å². The fourth-order valence-electron chi connectivity index (χ4n) is 3.39. The zero-order chi connectivity index (χ0) is 19.7. The van der Waals surface area contributed by atoms with Gasteiger partial charge in [0.05, 0.1) is 31.0 Å². The molecule has 2 heterocycles. The van der Waals surface area contributed by atoms with Crippen molar-refractivity contribution in [3.63, 3.8) is 0 Å². The van der Waals surface area contributed by atoms with Gasteiger partial charge in [0.1, 0.15) is 18.3 Å². The molecule has 0 radical (unpaired) electrons. The Kier molecular flexibility index (Phi) is 5.06. The number of nitrogens with one attached hydrogen (secondary N) is 1. The number of ether oxygens (including phenoxy) is 1. The SMILES string of the molecule is CC(=O)NC[C@H]1CN(c2ccc(N3C=NN(CC4CC4)CC3)c(F)c2)C(=O)O1. The molecule has 1 aromatic rings. The number of halogens is 1. The van der Waals surface area contributed by atoms with E-state index in [4.69, 9.17) is 4.74 Å². The maximum atomic E-state index is 14.7. The molecular weight excluding hydrogens is 365 g/mol. The summed E-state index contributed by atoms with van der Waals surface area (Å²) in [5.74, 6) is 0.149. The highest BCUT2D eigenvalue weighted by Gasteiger charge is 2.33. The van der Waals surface area contributed by atoms with Gasteiger partial charge in [-0.1, -0.05) is 0 Å². The minimum absolute atomic E-state index is 0.191. The summed E-state index contributed by atoms with van der Waals surface area (Å²) < 4.78 is 20.0. The second-order valence-corrected chi connectivity index (χ2v) is 7.47. The molecule has 2 amide bonds. The number of carbonyl (C=O) groups excluding carboxylic acids is 2. The molecule has 3 aliphatic rings. The molecule has 1 saturated carbocycles. The van der Waals surface area contributed by atoms with Gasteiger partial charge >= 0.3 is 6.09 Å². The zero-order valence-electron chi connectivity index (χ0n) is 15.8. The second-order valence-electron chi connectivity index (χ2n) is 7.47. The Morgan fingerprint density at radius 1 is 1.36 bits per heavy atom. The summed E-state index contributed by atoms with van der Waals surface area (Å²) in [6, 6.07) is 4.69. The Morgan fingerprint density at radius 3 is 2.82 bits per heavy atom. The van der Waals surface area contributed by atoms with Crippen molar-refractivity contribution >= 4 is 29.7 Å². The molecule has 0 bridgehead atoms. The van der Waals surface area contributed by atoms with E-state index in [1.807, 2.05) is 5.01 Å². The average Bonchev–Trinajstić information content (AvgIpc) is 3.40. The number of hydrogen-bond donors (Lipinski definition) is 1. The Balaban J connectivity index is 1.40. The summed E-state index contributed by atoms with van der Waals surface area (Å²) in [5, 5.41) is 9.07. The van der Waals surface area contributed by atoms with Crippen molar-refractivity contribution in [1.82, 2.24) is 10.3 Å². The smallest absolute Gasteiger partial charge is 0.414 e. The minimum atomic E-state index is -0.544. The molecule has 1 aliphatic carbocycles. The van der Waals surface area contributed by atoms with Crippen molar-refractivity contribution in [2.24, 2.45) is 11.0 Å². The minimum Gasteiger partial charge on any atom is -0.442 e. The first-order valence-corrected chi connectivity index (χ1v) is 9.57. The molecule has 0 unspecified atom stereocenters. The predicted molar refractivity (Wildman–Crippen MR) is 103 cm³/mol. The van der Waals surface area contributed by atoms with Gasteiger partial charge in [0, 0.05) is 20.0 Å². The number of rotatable bonds is 6. The van der Waals surface area contributed by atoms with E-state index in [9.17, 15) is 14.0 Å². The summed E-state index contributed by atoms with van der Waals surface area (Å²) in [6.07, 6.45) is 3.22. The van der Waals surface area contributed by atoms with Crippen molar-refractivity contribution in [3.05, 3.63) is 24.0 Å². The van der Waals surface area contributed by atoms with Crippen LogP contribution in [0.25, 0.3) is 0 Å². The van der Waals surface area contributed by atoms with E-state index in [1.165, 1.54) is 30.7 Å². The summed E-state index contributed by atoms with van der Waals surface area (Å²) in [6.45, 7) is 4.30. The predicted octanol–water partition coefficient (Wildman–Crippen LogP) is 1.76. The molecule has 2 fully saturated rings. The van der Waals surface area contributed by atoms with E-state index in [0.717, 1.165) is 19.0 Å². The third-order valence-corrected chi connectivity index (χ3v) is 5.12. The molecule has 2 aliphatic heterocycles. The summed E-state index contributed by atoms with van der Waals surface area (Å²) in [4.78, 5) is 26.3. The van der Waals surface area contributed by atoms with Crippen LogP contribution in [0.4, 0.5) is 20.6 Å². The van der Waals surface area contributed by atoms with Gasteiger partial charge in [-0.3, -0.25) is 14.7 Å². The molecule has 150 valence electrons. The fourth-order valence-corrected chi connectivity index (χ4v) is 3.39. The standard InChI is InChI=1S/C19H24FN5O3/c1-13(26)21-9-16-11-25(19(27)28-16)15-4-5-18(17(20)8-15)23-6-7-24(22-12-23)10-14-2-3-14/h4-5,8,12,14,16H,2-3,6-7,9-11H2,1H3,(H,21,26)/t16-/m0/s1.